The van der Waals surface area contributed by atoms with E-state index in [0.717, 1.165) is 13.2 Å². The van der Waals surface area contributed by atoms with E-state index in [1.54, 1.807) is 6.92 Å². The number of hydrogen-bond donors (Lipinski definition) is 2. The van der Waals surface area contributed by atoms with Crippen LogP contribution in [-0.4, -0.2) is 33.7 Å². The Morgan fingerprint density at radius 2 is 2.15 bits per heavy atom. The second kappa shape index (κ2) is 5.59. The van der Waals surface area contributed by atoms with E-state index in [2.05, 4.69) is 30.7 Å². The standard InChI is InChI=1S/C11H11F2N5O2/c1-5(10-15-17-18-16-10)14-7-4-3-6(11(19)20-2)8(12)9(7)13/h3-5,14H,1-2H3,(H,15,16,17,18). The van der Waals surface area contributed by atoms with Gasteiger partial charge in [-0.3, -0.25) is 0 Å². The van der Waals surface area contributed by atoms with Gasteiger partial charge in [-0.05, 0) is 19.1 Å². The number of esters is 1. The molecule has 0 aliphatic carbocycles. The lowest BCUT2D eigenvalue weighted by Gasteiger charge is -2.13. The first-order chi connectivity index (χ1) is 9.54. The third kappa shape index (κ3) is 2.56. The highest BCUT2D eigenvalue weighted by atomic mass is 19.2. The number of benzene rings is 1. The molecule has 0 saturated carbocycles. The van der Waals surface area contributed by atoms with Gasteiger partial charge >= 0.3 is 5.97 Å². The fourth-order valence-corrected chi connectivity index (χ4v) is 1.58. The molecule has 0 fully saturated rings. The number of aromatic nitrogens is 4. The molecule has 2 aromatic rings. The summed E-state index contributed by atoms with van der Waals surface area (Å²) in [7, 11) is 1.09. The summed E-state index contributed by atoms with van der Waals surface area (Å²) in [6.45, 7) is 1.65. The third-order valence-corrected chi connectivity index (χ3v) is 2.61. The van der Waals surface area contributed by atoms with Crippen molar-refractivity contribution >= 4 is 11.7 Å². The van der Waals surface area contributed by atoms with E-state index >= 15 is 0 Å². The summed E-state index contributed by atoms with van der Waals surface area (Å²) in [6, 6.07) is 1.88. The second-order valence-corrected chi connectivity index (χ2v) is 3.92. The highest BCUT2D eigenvalue weighted by molar-refractivity contribution is 5.90. The first kappa shape index (κ1) is 13.8. The topological polar surface area (TPSA) is 92.8 Å². The van der Waals surface area contributed by atoms with E-state index < -0.39 is 29.2 Å². The average Bonchev–Trinajstić information content (AvgIpc) is 2.97. The number of nitrogens with one attached hydrogen (secondary N) is 2. The largest absolute Gasteiger partial charge is 0.465 e. The van der Waals surface area contributed by atoms with Crippen LogP contribution in [0.25, 0.3) is 0 Å². The zero-order valence-electron chi connectivity index (χ0n) is 10.6. The van der Waals surface area contributed by atoms with Crippen molar-refractivity contribution in [3.8, 4) is 0 Å². The number of aromatic amines is 1. The molecule has 0 bridgehead atoms. The van der Waals surface area contributed by atoms with Crippen molar-refractivity contribution in [3.63, 3.8) is 0 Å². The molecule has 1 heterocycles. The van der Waals surface area contributed by atoms with Crippen LogP contribution in [0.3, 0.4) is 0 Å². The summed E-state index contributed by atoms with van der Waals surface area (Å²) in [4.78, 5) is 11.2. The first-order valence-electron chi connectivity index (χ1n) is 5.60. The van der Waals surface area contributed by atoms with Crippen LogP contribution in [0.2, 0.25) is 0 Å². The van der Waals surface area contributed by atoms with Gasteiger partial charge in [0, 0.05) is 0 Å². The van der Waals surface area contributed by atoms with Crippen molar-refractivity contribution in [2.45, 2.75) is 13.0 Å². The van der Waals surface area contributed by atoms with Gasteiger partial charge in [-0.1, -0.05) is 5.21 Å². The van der Waals surface area contributed by atoms with Gasteiger partial charge in [0.2, 0.25) is 0 Å². The van der Waals surface area contributed by atoms with Gasteiger partial charge in [-0.2, -0.15) is 5.21 Å². The number of anilines is 1. The van der Waals surface area contributed by atoms with E-state index in [4.69, 9.17) is 0 Å². The molecule has 7 nitrogen and oxygen atoms in total. The molecule has 106 valence electrons. The fourth-order valence-electron chi connectivity index (χ4n) is 1.58. The monoisotopic (exact) mass is 283 g/mol. The molecule has 9 heteroatoms. The molecule has 1 atom stereocenters. The molecule has 0 aliphatic heterocycles. The molecule has 0 radical (unpaired) electrons. The molecule has 1 aromatic carbocycles. The summed E-state index contributed by atoms with van der Waals surface area (Å²) in [5.74, 6) is -3.11. The number of tetrazole rings is 1. The number of carbonyl (C=O) groups is 1. The smallest absolute Gasteiger partial charge is 0.340 e. The maximum Gasteiger partial charge on any atom is 0.340 e. The van der Waals surface area contributed by atoms with E-state index in [1.807, 2.05) is 0 Å². The lowest BCUT2D eigenvalue weighted by Crippen LogP contribution is -2.12. The Bertz CT molecular complexity index is 618. The predicted molar refractivity (Wildman–Crippen MR) is 63.9 cm³/mol. The molecule has 2 N–H and O–H groups in total. The van der Waals surface area contributed by atoms with Crippen molar-refractivity contribution < 1.29 is 18.3 Å². The van der Waals surface area contributed by atoms with Gasteiger partial charge in [-0.15, -0.1) is 10.2 Å². The van der Waals surface area contributed by atoms with Crippen LogP contribution < -0.4 is 5.32 Å². The average molecular weight is 283 g/mol. The Balaban J connectivity index is 2.26. The molecule has 0 saturated heterocycles. The lowest BCUT2D eigenvalue weighted by molar-refractivity contribution is 0.0594. The van der Waals surface area contributed by atoms with E-state index in [0.29, 0.717) is 5.82 Å². The maximum absolute atomic E-state index is 13.9. The zero-order chi connectivity index (χ0) is 14.7. The number of halogens is 2. The maximum atomic E-state index is 13.9. The molecular weight excluding hydrogens is 272 g/mol. The predicted octanol–water partition coefficient (Wildman–Crippen LogP) is 1.44. The van der Waals surface area contributed by atoms with Crippen LogP contribution in [0.15, 0.2) is 12.1 Å². The first-order valence-corrected chi connectivity index (χ1v) is 5.60. The summed E-state index contributed by atoms with van der Waals surface area (Å²) in [6.07, 6.45) is 0. The highest BCUT2D eigenvalue weighted by Crippen LogP contribution is 2.24. The van der Waals surface area contributed by atoms with Crippen LogP contribution >= 0.6 is 0 Å². The van der Waals surface area contributed by atoms with E-state index in [9.17, 15) is 13.6 Å². The number of methoxy groups -OCH3 is 1. The van der Waals surface area contributed by atoms with Gasteiger partial charge in [0.1, 0.15) is 0 Å². The van der Waals surface area contributed by atoms with Gasteiger partial charge < -0.3 is 10.1 Å². The normalized spacial score (nSPS) is 12.0. The van der Waals surface area contributed by atoms with Crippen LogP contribution in [0, 0.1) is 11.6 Å². The Labute approximate surface area is 112 Å². The van der Waals surface area contributed by atoms with Crippen molar-refractivity contribution in [2.75, 3.05) is 12.4 Å². The van der Waals surface area contributed by atoms with Crippen LogP contribution in [-0.2, 0) is 4.74 Å². The minimum Gasteiger partial charge on any atom is -0.465 e. The number of H-pyrrole nitrogens is 1. The van der Waals surface area contributed by atoms with Crippen LogP contribution in [0.4, 0.5) is 14.5 Å². The summed E-state index contributed by atoms with van der Waals surface area (Å²) >= 11 is 0. The molecule has 0 amide bonds. The van der Waals surface area contributed by atoms with Crippen LogP contribution in [0.5, 0.6) is 0 Å². The molecule has 1 aromatic heterocycles. The fraction of sp³-hybridized carbons (Fsp3) is 0.273. The highest BCUT2D eigenvalue weighted by Gasteiger charge is 2.20. The number of ether oxygens (including phenoxy) is 1. The van der Waals surface area contributed by atoms with E-state index in [1.165, 1.54) is 6.07 Å². The quantitative estimate of drug-likeness (QED) is 0.825. The lowest BCUT2D eigenvalue weighted by atomic mass is 10.1. The molecular formula is C11H11F2N5O2. The van der Waals surface area contributed by atoms with Gasteiger partial charge in [-0.25, -0.2) is 13.6 Å². The SMILES string of the molecule is COC(=O)c1ccc(NC(C)c2nn[nH]n2)c(F)c1F. The number of nitrogens with zero attached hydrogens (tertiary/aromatic N) is 3. The summed E-state index contributed by atoms with van der Waals surface area (Å²) < 4.78 is 31.9. The second-order valence-electron chi connectivity index (χ2n) is 3.92. The molecule has 2 rings (SSSR count). The summed E-state index contributed by atoms with van der Waals surface area (Å²) in [5, 5.41) is 15.8. The minimum absolute atomic E-state index is 0.118. The summed E-state index contributed by atoms with van der Waals surface area (Å²) in [5.41, 5.74) is -0.588. The van der Waals surface area contributed by atoms with Crippen molar-refractivity contribution in [1.29, 1.82) is 0 Å². The van der Waals surface area contributed by atoms with Gasteiger partial charge in [0.05, 0.1) is 24.4 Å². The number of rotatable bonds is 4. The molecule has 0 aliphatic rings. The molecule has 20 heavy (non-hydrogen) atoms. The number of hydrogen-bond acceptors (Lipinski definition) is 6. The minimum atomic E-state index is -1.28. The Morgan fingerprint density at radius 1 is 1.40 bits per heavy atom. The van der Waals surface area contributed by atoms with E-state index in [-0.39, 0.29) is 5.69 Å². The Morgan fingerprint density at radius 3 is 2.75 bits per heavy atom. The Kier molecular flexibility index (Phi) is 3.87. The van der Waals surface area contributed by atoms with Crippen molar-refractivity contribution in [2.24, 2.45) is 0 Å². The van der Waals surface area contributed by atoms with Crippen LogP contribution in [0.1, 0.15) is 29.1 Å². The van der Waals surface area contributed by atoms with Gasteiger partial charge in [0.15, 0.2) is 17.5 Å². The van der Waals surface area contributed by atoms with Gasteiger partial charge in [0.25, 0.3) is 0 Å². The molecule has 0 spiro atoms. The molecule has 1 unspecified atom stereocenters. The Hall–Kier alpha value is -2.58. The van der Waals surface area contributed by atoms with Crippen molar-refractivity contribution in [3.05, 3.63) is 35.2 Å². The number of carbonyl (C=O) groups excluding carboxylic acids is 1. The zero-order valence-corrected chi connectivity index (χ0v) is 10.6. The third-order valence-electron chi connectivity index (χ3n) is 2.61. The van der Waals surface area contributed by atoms with Crippen molar-refractivity contribution in [1.82, 2.24) is 20.6 Å².